The number of thiophene rings is 1. The summed E-state index contributed by atoms with van der Waals surface area (Å²) in [6, 6.07) is 23.2. The monoisotopic (exact) mass is 519 g/mol. The van der Waals surface area contributed by atoms with Gasteiger partial charge in [0.25, 0.3) is 0 Å². The van der Waals surface area contributed by atoms with Crippen LogP contribution in [0.4, 0.5) is 5.69 Å². The normalized spacial score (nSPS) is 15.4. The van der Waals surface area contributed by atoms with Crippen LogP contribution in [0.2, 0.25) is 0 Å². The second-order valence-corrected chi connectivity index (χ2v) is 10.6. The van der Waals surface area contributed by atoms with E-state index in [0.29, 0.717) is 6.42 Å². The van der Waals surface area contributed by atoms with Crippen LogP contribution in [0.1, 0.15) is 56.1 Å². The molecule has 0 aliphatic carbocycles. The smallest absolute Gasteiger partial charge is 0.226 e. The van der Waals surface area contributed by atoms with Crippen LogP contribution in [0.3, 0.4) is 0 Å². The Balaban J connectivity index is 1.34. The van der Waals surface area contributed by atoms with Crippen molar-refractivity contribution in [3.63, 3.8) is 0 Å². The minimum absolute atomic E-state index is 0.0658. The van der Waals surface area contributed by atoms with Crippen LogP contribution in [-0.4, -0.2) is 49.6 Å². The first-order valence-corrected chi connectivity index (χ1v) is 14.7. The SMILES string of the molecule is CCNCCC(Oc1ccccc1CCN1CCC(N(C(=O)CC)c2ccccc2)CC1)c1cccs1. The first-order chi connectivity index (χ1) is 18.2. The molecule has 1 unspecified atom stereocenters. The van der Waals surface area contributed by atoms with E-state index in [-0.39, 0.29) is 18.1 Å². The Kier molecular flexibility index (Phi) is 10.6. The highest BCUT2D eigenvalue weighted by Gasteiger charge is 2.28. The van der Waals surface area contributed by atoms with Gasteiger partial charge in [-0.05, 0) is 67.6 Å². The molecule has 1 amide bonds. The lowest BCUT2D eigenvalue weighted by molar-refractivity contribution is -0.119. The van der Waals surface area contributed by atoms with Crippen LogP contribution in [-0.2, 0) is 11.2 Å². The van der Waals surface area contributed by atoms with Crippen molar-refractivity contribution in [2.24, 2.45) is 0 Å². The third-order valence-corrected chi connectivity index (χ3v) is 8.13. The van der Waals surface area contributed by atoms with Crippen LogP contribution < -0.4 is 15.0 Å². The van der Waals surface area contributed by atoms with E-state index in [9.17, 15) is 4.79 Å². The van der Waals surface area contributed by atoms with Gasteiger partial charge in [-0.2, -0.15) is 0 Å². The van der Waals surface area contributed by atoms with Crippen molar-refractivity contribution in [3.05, 3.63) is 82.6 Å². The quantitative estimate of drug-likeness (QED) is 0.269. The molecule has 4 rings (SSSR count). The van der Waals surface area contributed by atoms with Crippen molar-refractivity contribution < 1.29 is 9.53 Å². The van der Waals surface area contributed by atoms with Crippen LogP contribution in [0.5, 0.6) is 5.75 Å². The number of benzene rings is 2. The van der Waals surface area contributed by atoms with Gasteiger partial charge in [0.1, 0.15) is 11.9 Å². The summed E-state index contributed by atoms with van der Waals surface area (Å²) >= 11 is 1.77. The molecule has 37 heavy (non-hydrogen) atoms. The number of anilines is 1. The molecular weight excluding hydrogens is 478 g/mol. The molecule has 0 bridgehead atoms. The lowest BCUT2D eigenvalue weighted by atomic mass is 10.0. The number of piperidine rings is 1. The van der Waals surface area contributed by atoms with Gasteiger partial charge in [-0.3, -0.25) is 4.79 Å². The van der Waals surface area contributed by atoms with Gasteiger partial charge in [-0.15, -0.1) is 11.3 Å². The molecule has 1 aliphatic rings. The molecule has 198 valence electrons. The number of rotatable bonds is 13. The summed E-state index contributed by atoms with van der Waals surface area (Å²) in [7, 11) is 0. The maximum absolute atomic E-state index is 12.8. The van der Waals surface area contributed by atoms with Crippen molar-refractivity contribution in [3.8, 4) is 5.75 Å². The highest BCUT2D eigenvalue weighted by molar-refractivity contribution is 7.10. The van der Waals surface area contributed by atoms with E-state index in [4.69, 9.17) is 4.74 Å². The number of likely N-dealkylation sites (tertiary alicyclic amines) is 1. The molecule has 3 aromatic rings. The molecule has 2 aromatic carbocycles. The highest BCUT2D eigenvalue weighted by Crippen LogP contribution is 2.31. The first kappa shape index (κ1) is 27.4. The van der Waals surface area contributed by atoms with Crippen molar-refractivity contribution in [2.45, 2.75) is 58.1 Å². The van der Waals surface area contributed by atoms with Gasteiger partial charge in [-0.25, -0.2) is 0 Å². The van der Waals surface area contributed by atoms with E-state index >= 15 is 0 Å². The van der Waals surface area contributed by atoms with Crippen LogP contribution in [0.15, 0.2) is 72.1 Å². The van der Waals surface area contributed by atoms with Gasteiger partial charge in [0.15, 0.2) is 0 Å². The van der Waals surface area contributed by atoms with Crippen LogP contribution in [0.25, 0.3) is 0 Å². The van der Waals surface area contributed by atoms with Gasteiger partial charge in [0.2, 0.25) is 5.91 Å². The topological polar surface area (TPSA) is 44.8 Å². The Morgan fingerprint density at radius 3 is 2.51 bits per heavy atom. The Morgan fingerprint density at radius 2 is 1.81 bits per heavy atom. The number of carbonyl (C=O) groups is 1. The Morgan fingerprint density at radius 1 is 1.05 bits per heavy atom. The zero-order valence-corrected chi connectivity index (χ0v) is 23.1. The minimum atomic E-state index is 0.0658. The van der Waals surface area contributed by atoms with Gasteiger partial charge in [0, 0.05) is 49.1 Å². The zero-order valence-electron chi connectivity index (χ0n) is 22.3. The molecule has 1 atom stereocenters. The molecule has 0 spiro atoms. The third-order valence-electron chi connectivity index (χ3n) is 7.16. The lowest BCUT2D eigenvalue weighted by Crippen LogP contribution is -2.47. The molecule has 2 heterocycles. The van der Waals surface area contributed by atoms with Crippen LogP contribution in [0, 0.1) is 0 Å². The third kappa shape index (κ3) is 7.67. The molecule has 6 heteroatoms. The summed E-state index contributed by atoms with van der Waals surface area (Å²) in [5.41, 5.74) is 2.29. The summed E-state index contributed by atoms with van der Waals surface area (Å²) in [4.78, 5) is 18.6. The zero-order chi connectivity index (χ0) is 25.9. The van der Waals surface area contributed by atoms with E-state index in [1.54, 1.807) is 11.3 Å². The molecule has 1 aromatic heterocycles. The van der Waals surface area contributed by atoms with Crippen LogP contribution >= 0.6 is 11.3 Å². The molecule has 0 saturated carbocycles. The predicted molar refractivity (Wildman–Crippen MR) is 155 cm³/mol. The standard InChI is InChI=1S/C31H41N3O2S/c1-3-31(35)34(26-12-6-5-7-13-26)27-18-22-33(23-19-27)21-17-25-11-8-9-14-28(25)36-29(16-20-32-4-2)30-15-10-24-37-30/h5-15,24,27,29,32H,3-4,16-23H2,1-2H3. The van der Waals surface area contributed by atoms with E-state index in [1.807, 2.05) is 30.0 Å². The molecule has 1 fully saturated rings. The maximum atomic E-state index is 12.8. The number of amides is 1. The van der Waals surface area contributed by atoms with E-state index in [0.717, 1.165) is 69.8 Å². The van der Waals surface area contributed by atoms with Crippen molar-refractivity contribution in [2.75, 3.05) is 37.6 Å². The second kappa shape index (κ2) is 14.3. The van der Waals surface area contributed by atoms with E-state index in [2.05, 4.69) is 71.1 Å². The fraction of sp³-hybridized carbons (Fsp3) is 0.452. The van der Waals surface area contributed by atoms with Gasteiger partial charge in [0.05, 0.1) is 0 Å². The van der Waals surface area contributed by atoms with Gasteiger partial charge < -0.3 is 19.9 Å². The summed E-state index contributed by atoms with van der Waals surface area (Å²) in [6.07, 6.45) is 4.52. The number of nitrogens with zero attached hydrogens (tertiary/aromatic N) is 2. The fourth-order valence-electron chi connectivity index (χ4n) is 5.12. The van der Waals surface area contributed by atoms with Crippen molar-refractivity contribution >= 4 is 22.9 Å². The summed E-state index contributed by atoms with van der Waals surface area (Å²) in [6.45, 7) is 9.03. The van der Waals surface area contributed by atoms with Gasteiger partial charge in [-0.1, -0.05) is 56.3 Å². The van der Waals surface area contributed by atoms with Crippen molar-refractivity contribution in [1.29, 1.82) is 0 Å². The molecular formula is C31H41N3O2S. The fourth-order valence-corrected chi connectivity index (χ4v) is 5.91. The van der Waals surface area contributed by atoms with E-state index in [1.165, 1.54) is 10.4 Å². The molecule has 1 N–H and O–H groups in total. The second-order valence-electron chi connectivity index (χ2n) is 9.65. The molecule has 1 aliphatic heterocycles. The summed E-state index contributed by atoms with van der Waals surface area (Å²) in [5.74, 6) is 1.21. The summed E-state index contributed by atoms with van der Waals surface area (Å²) < 4.78 is 6.62. The minimum Gasteiger partial charge on any atom is -0.485 e. The maximum Gasteiger partial charge on any atom is 0.226 e. The van der Waals surface area contributed by atoms with E-state index < -0.39 is 0 Å². The van der Waals surface area contributed by atoms with Crippen molar-refractivity contribution in [1.82, 2.24) is 10.2 Å². The number of nitrogens with one attached hydrogen (secondary N) is 1. The lowest BCUT2D eigenvalue weighted by Gasteiger charge is -2.38. The number of carbonyl (C=O) groups excluding carboxylic acids is 1. The number of ether oxygens (including phenoxy) is 1. The first-order valence-electron chi connectivity index (χ1n) is 13.8. The summed E-state index contributed by atoms with van der Waals surface area (Å²) in [5, 5.41) is 5.56. The van der Waals surface area contributed by atoms with Gasteiger partial charge >= 0.3 is 0 Å². The predicted octanol–water partition coefficient (Wildman–Crippen LogP) is 6.32. The highest BCUT2D eigenvalue weighted by atomic mass is 32.1. The molecule has 0 radical (unpaired) electrons. The number of para-hydroxylation sites is 2. The molecule has 1 saturated heterocycles. The molecule has 5 nitrogen and oxygen atoms in total. The Hall–Kier alpha value is -2.67. The number of hydrogen-bond acceptors (Lipinski definition) is 5. The Bertz CT molecular complexity index is 1070. The average molecular weight is 520 g/mol. The average Bonchev–Trinajstić information content (AvgIpc) is 3.48. The number of hydrogen-bond donors (Lipinski definition) is 1. The Labute approximate surface area is 226 Å². The largest absolute Gasteiger partial charge is 0.485 e.